The molecule has 0 aliphatic heterocycles. The number of aromatic nitrogens is 3. The summed E-state index contributed by atoms with van der Waals surface area (Å²) in [5, 5.41) is 2.86. The highest BCUT2D eigenvalue weighted by Gasteiger charge is 2.11. The topological polar surface area (TPSA) is 95.2 Å². The van der Waals surface area contributed by atoms with Crippen molar-refractivity contribution >= 4 is 22.6 Å². The highest BCUT2D eigenvalue weighted by atomic mass is 19.1. The molecule has 3 rings (SSSR count). The van der Waals surface area contributed by atoms with Gasteiger partial charge in [0.25, 0.3) is 5.56 Å². The van der Waals surface area contributed by atoms with Crippen LogP contribution in [0.2, 0.25) is 0 Å². The second-order valence-corrected chi connectivity index (χ2v) is 5.90. The standard InChI is InChI=1S/C18H17FN4O4/c1-22-16-14(17(25)23(2)18(22)26)9-12(10-20-16)21-15(24)7-8-27-13-5-3-11(19)4-6-13/h3-6,9-10H,7-8H2,1-2H3,(H,21,24). The first-order valence-corrected chi connectivity index (χ1v) is 8.11. The Labute approximate surface area is 152 Å². The first kappa shape index (κ1) is 18.3. The maximum Gasteiger partial charge on any atom is 0.332 e. The van der Waals surface area contributed by atoms with Crippen molar-refractivity contribution in [1.82, 2.24) is 14.1 Å². The highest BCUT2D eigenvalue weighted by Crippen LogP contribution is 2.13. The van der Waals surface area contributed by atoms with E-state index in [1.807, 2.05) is 0 Å². The van der Waals surface area contributed by atoms with E-state index in [0.717, 1.165) is 4.57 Å². The summed E-state index contributed by atoms with van der Waals surface area (Å²) in [4.78, 5) is 40.3. The molecular formula is C18H17FN4O4. The van der Waals surface area contributed by atoms with Crippen molar-refractivity contribution in [1.29, 1.82) is 0 Å². The van der Waals surface area contributed by atoms with Gasteiger partial charge in [0.1, 0.15) is 17.2 Å². The fourth-order valence-electron chi connectivity index (χ4n) is 2.55. The number of pyridine rings is 1. The van der Waals surface area contributed by atoms with Crippen LogP contribution in [0.5, 0.6) is 5.75 Å². The second-order valence-electron chi connectivity index (χ2n) is 5.90. The van der Waals surface area contributed by atoms with Crippen LogP contribution in [0, 0.1) is 5.82 Å². The molecule has 1 N–H and O–H groups in total. The summed E-state index contributed by atoms with van der Waals surface area (Å²) < 4.78 is 20.4. The van der Waals surface area contributed by atoms with Gasteiger partial charge in [0.15, 0.2) is 0 Å². The van der Waals surface area contributed by atoms with Crippen molar-refractivity contribution in [3.8, 4) is 5.75 Å². The molecule has 8 nitrogen and oxygen atoms in total. The van der Waals surface area contributed by atoms with E-state index in [9.17, 15) is 18.8 Å². The largest absolute Gasteiger partial charge is 0.493 e. The van der Waals surface area contributed by atoms with Crippen LogP contribution in [0.1, 0.15) is 6.42 Å². The van der Waals surface area contributed by atoms with Gasteiger partial charge in [0.05, 0.1) is 30.3 Å². The zero-order valence-electron chi connectivity index (χ0n) is 14.7. The molecule has 0 radical (unpaired) electrons. The number of ether oxygens (including phenoxy) is 1. The number of fused-ring (bicyclic) bond motifs is 1. The minimum Gasteiger partial charge on any atom is -0.493 e. The summed E-state index contributed by atoms with van der Waals surface area (Å²) in [6.07, 6.45) is 1.43. The monoisotopic (exact) mass is 372 g/mol. The Hall–Kier alpha value is -3.49. The average Bonchev–Trinajstić information content (AvgIpc) is 2.66. The number of hydrogen-bond donors (Lipinski definition) is 1. The second kappa shape index (κ2) is 7.40. The van der Waals surface area contributed by atoms with Gasteiger partial charge in [-0.15, -0.1) is 0 Å². The fourth-order valence-corrected chi connectivity index (χ4v) is 2.55. The number of aryl methyl sites for hydroxylation is 1. The van der Waals surface area contributed by atoms with Crippen LogP contribution < -0.4 is 21.3 Å². The number of amides is 1. The molecule has 1 amide bonds. The predicted molar refractivity (Wildman–Crippen MR) is 97.4 cm³/mol. The number of carbonyl (C=O) groups is 1. The molecule has 0 saturated carbocycles. The zero-order valence-corrected chi connectivity index (χ0v) is 14.7. The highest BCUT2D eigenvalue weighted by molar-refractivity contribution is 5.92. The lowest BCUT2D eigenvalue weighted by Crippen LogP contribution is -2.37. The third-order valence-corrected chi connectivity index (χ3v) is 3.99. The molecule has 0 unspecified atom stereocenters. The van der Waals surface area contributed by atoms with Crippen molar-refractivity contribution in [2.75, 3.05) is 11.9 Å². The van der Waals surface area contributed by atoms with Gasteiger partial charge in [-0.2, -0.15) is 0 Å². The average molecular weight is 372 g/mol. The molecule has 27 heavy (non-hydrogen) atoms. The number of carbonyl (C=O) groups excluding carboxylic acids is 1. The summed E-state index contributed by atoms with van der Waals surface area (Å²) in [5.74, 6) is -0.242. The molecule has 9 heteroatoms. The lowest BCUT2D eigenvalue weighted by Gasteiger charge is -2.09. The van der Waals surface area contributed by atoms with E-state index >= 15 is 0 Å². The van der Waals surface area contributed by atoms with Crippen LogP contribution in [0.4, 0.5) is 10.1 Å². The Morgan fingerprint density at radius 3 is 2.59 bits per heavy atom. The Kier molecular flexibility index (Phi) is 5.02. The van der Waals surface area contributed by atoms with Crippen LogP contribution in [-0.4, -0.2) is 26.6 Å². The molecule has 140 valence electrons. The first-order chi connectivity index (χ1) is 12.9. The number of nitrogens with zero attached hydrogens (tertiary/aromatic N) is 3. The SMILES string of the molecule is Cn1c(=O)c2cc(NC(=O)CCOc3ccc(F)cc3)cnc2n(C)c1=O. The summed E-state index contributed by atoms with van der Waals surface area (Å²) in [5.41, 5.74) is -0.392. The van der Waals surface area contributed by atoms with Gasteiger partial charge < -0.3 is 10.1 Å². The molecule has 2 heterocycles. The molecule has 0 saturated heterocycles. The molecule has 0 bridgehead atoms. The maximum atomic E-state index is 12.8. The van der Waals surface area contributed by atoms with Gasteiger partial charge in [0, 0.05) is 14.1 Å². The van der Waals surface area contributed by atoms with Crippen molar-refractivity contribution < 1.29 is 13.9 Å². The Balaban J connectivity index is 1.69. The molecule has 0 aliphatic rings. The molecular weight excluding hydrogens is 355 g/mol. The maximum absolute atomic E-state index is 12.8. The Morgan fingerprint density at radius 1 is 1.19 bits per heavy atom. The third-order valence-electron chi connectivity index (χ3n) is 3.99. The summed E-state index contributed by atoms with van der Waals surface area (Å²) in [7, 11) is 2.89. The third kappa shape index (κ3) is 3.86. The van der Waals surface area contributed by atoms with Gasteiger partial charge >= 0.3 is 5.69 Å². The summed E-state index contributed by atoms with van der Waals surface area (Å²) in [6.45, 7) is 0.106. The van der Waals surface area contributed by atoms with Gasteiger partial charge in [-0.1, -0.05) is 0 Å². The Morgan fingerprint density at radius 2 is 1.89 bits per heavy atom. The minimum atomic E-state index is -0.489. The number of hydrogen-bond acceptors (Lipinski definition) is 5. The molecule has 2 aromatic heterocycles. The minimum absolute atomic E-state index is 0.0562. The lowest BCUT2D eigenvalue weighted by atomic mass is 10.3. The predicted octanol–water partition coefficient (Wildman–Crippen LogP) is 1.18. The van der Waals surface area contributed by atoms with Crippen molar-refractivity contribution in [2.24, 2.45) is 14.1 Å². The van der Waals surface area contributed by atoms with Gasteiger partial charge in [-0.25, -0.2) is 14.2 Å². The van der Waals surface area contributed by atoms with E-state index in [0.29, 0.717) is 11.4 Å². The van der Waals surface area contributed by atoms with E-state index in [4.69, 9.17) is 4.74 Å². The van der Waals surface area contributed by atoms with Crippen molar-refractivity contribution in [3.63, 3.8) is 0 Å². The quantitative estimate of drug-likeness (QED) is 0.726. The molecule has 0 fully saturated rings. The molecule has 0 aliphatic carbocycles. The zero-order chi connectivity index (χ0) is 19.6. The fraction of sp³-hybridized carbons (Fsp3) is 0.222. The molecule has 1 aromatic carbocycles. The lowest BCUT2D eigenvalue weighted by molar-refractivity contribution is -0.116. The molecule has 0 spiro atoms. The van der Waals surface area contributed by atoms with Crippen molar-refractivity contribution in [2.45, 2.75) is 6.42 Å². The Bertz CT molecular complexity index is 1120. The normalized spacial score (nSPS) is 10.8. The smallest absolute Gasteiger partial charge is 0.332 e. The van der Waals surface area contributed by atoms with Gasteiger partial charge in [-0.05, 0) is 30.3 Å². The van der Waals surface area contributed by atoms with Crippen LogP contribution in [0.15, 0.2) is 46.1 Å². The van der Waals surface area contributed by atoms with Crippen molar-refractivity contribution in [3.05, 3.63) is 63.2 Å². The number of halogens is 1. The van der Waals surface area contributed by atoms with E-state index < -0.39 is 11.2 Å². The van der Waals surface area contributed by atoms with Crippen LogP contribution in [0.3, 0.4) is 0 Å². The molecule has 0 atom stereocenters. The number of rotatable bonds is 5. The summed E-state index contributed by atoms with van der Waals surface area (Å²) in [6, 6.07) is 6.96. The number of anilines is 1. The number of benzene rings is 1. The first-order valence-electron chi connectivity index (χ1n) is 8.11. The van der Waals surface area contributed by atoms with E-state index in [1.54, 1.807) is 0 Å². The molecule has 3 aromatic rings. The summed E-state index contributed by atoms with van der Waals surface area (Å²) >= 11 is 0. The van der Waals surface area contributed by atoms with Crippen LogP contribution in [0.25, 0.3) is 11.0 Å². The number of nitrogens with one attached hydrogen (secondary N) is 1. The van der Waals surface area contributed by atoms with E-state index in [2.05, 4.69) is 10.3 Å². The van der Waals surface area contributed by atoms with Crippen LogP contribution >= 0.6 is 0 Å². The van der Waals surface area contributed by atoms with Crippen LogP contribution in [-0.2, 0) is 18.9 Å². The van der Waals surface area contributed by atoms with Gasteiger partial charge in [-0.3, -0.25) is 18.7 Å². The van der Waals surface area contributed by atoms with Gasteiger partial charge in [0.2, 0.25) is 5.91 Å². The van der Waals surface area contributed by atoms with E-state index in [1.165, 1.54) is 55.2 Å². The van der Waals surface area contributed by atoms with E-state index in [-0.39, 0.29) is 35.8 Å².